The molecule has 9 N–H and O–H groups in total. The summed E-state index contributed by atoms with van der Waals surface area (Å²) in [6, 6.07) is 3.97. The molecule has 0 bridgehead atoms. The standard InChI is InChI=1S/C31H30BClF2N6O11/c33-22-17(13-19(35)24(43)25(22)44)23(27(45)38-20-12-14-2-7-18(34)21(28(46)47)26(14)52-32(20)51)39-30(49)41-11-10-40(31(41)50)9-1-8-36-29(48)37-15-3-5-16(42)6-4-15/h2-7,13,20,23,42-44,51H,1,8-12H2,(H,38,45)(H,39,49)(H,46,47)(H2,36,37,48). The zero-order valence-electron chi connectivity index (χ0n) is 26.7. The number of aromatic carboxylic acids is 1. The van der Waals surface area contributed by atoms with Crippen LogP contribution in [0.1, 0.15) is 33.9 Å². The van der Waals surface area contributed by atoms with E-state index in [2.05, 4.69) is 21.3 Å². The van der Waals surface area contributed by atoms with Gasteiger partial charge in [0.15, 0.2) is 17.3 Å². The number of rotatable bonds is 10. The molecule has 2 unspecified atom stereocenters. The molecule has 3 aromatic rings. The lowest BCUT2D eigenvalue weighted by Crippen LogP contribution is -2.56. The number of urea groups is 3. The van der Waals surface area contributed by atoms with Gasteiger partial charge < -0.3 is 56.3 Å². The first-order valence-electron chi connectivity index (χ1n) is 15.5. The van der Waals surface area contributed by atoms with Crippen LogP contribution in [0, 0.1) is 11.6 Å². The third kappa shape index (κ3) is 7.97. The molecule has 0 spiro atoms. The van der Waals surface area contributed by atoms with Gasteiger partial charge in [-0.25, -0.2) is 32.9 Å². The van der Waals surface area contributed by atoms with E-state index >= 15 is 0 Å². The van der Waals surface area contributed by atoms with Crippen LogP contribution in [0.3, 0.4) is 0 Å². The first kappa shape index (κ1) is 37.2. The maximum atomic E-state index is 14.6. The summed E-state index contributed by atoms with van der Waals surface area (Å²) in [5, 5.41) is 58.4. The molecule has 1 fully saturated rings. The molecule has 1 saturated heterocycles. The van der Waals surface area contributed by atoms with E-state index in [1.165, 1.54) is 35.2 Å². The van der Waals surface area contributed by atoms with Crippen molar-refractivity contribution in [2.45, 2.75) is 24.8 Å². The van der Waals surface area contributed by atoms with Crippen LogP contribution in [0.2, 0.25) is 5.02 Å². The topological polar surface area (TPSA) is 250 Å². The van der Waals surface area contributed by atoms with Crippen LogP contribution in [0.5, 0.6) is 23.0 Å². The number of carboxylic acid groups (broad SMARTS) is 1. The smallest absolute Gasteiger partial charge is 0.534 e. The maximum absolute atomic E-state index is 14.6. The van der Waals surface area contributed by atoms with Crippen LogP contribution in [0.4, 0.5) is 28.9 Å². The molecule has 274 valence electrons. The number of phenolic OH excluding ortho intramolecular Hbond substituents is 3. The highest BCUT2D eigenvalue weighted by molar-refractivity contribution is 6.47. The van der Waals surface area contributed by atoms with Crippen molar-refractivity contribution in [1.82, 2.24) is 25.8 Å². The van der Waals surface area contributed by atoms with Crippen molar-refractivity contribution in [3.8, 4) is 23.0 Å². The number of carboxylic acids is 1. The van der Waals surface area contributed by atoms with E-state index in [1.54, 1.807) is 0 Å². The van der Waals surface area contributed by atoms with E-state index in [9.17, 15) is 58.2 Å². The van der Waals surface area contributed by atoms with Gasteiger partial charge >= 0.3 is 31.2 Å². The number of hydrogen-bond donors (Lipinski definition) is 9. The SMILES string of the molecule is O=C(NCCCN1CCN(C(=O)NC(C(=O)NC2Cc3ccc(F)c(C(=O)O)c3OB2O)c2cc(F)c(O)c(O)c2Cl)C1=O)Nc1ccc(O)cc1. The van der Waals surface area contributed by atoms with E-state index in [-0.39, 0.29) is 50.3 Å². The van der Waals surface area contributed by atoms with E-state index in [4.69, 9.17) is 16.3 Å². The van der Waals surface area contributed by atoms with Crippen molar-refractivity contribution >= 4 is 54.4 Å². The Morgan fingerprint density at radius 3 is 2.42 bits per heavy atom. The van der Waals surface area contributed by atoms with Crippen molar-refractivity contribution < 1.29 is 62.9 Å². The predicted octanol–water partition coefficient (Wildman–Crippen LogP) is 2.27. The van der Waals surface area contributed by atoms with E-state index in [0.29, 0.717) is 11.8 Å². The van der Waals surface area contributed by atoms with Gasteiger partial charge in [0.05, 0.1) is 11.0 Å². The van der Waals surface area contributed by atoms with Gasteiger partial charge in [0.2, 0.25) is 5.91 Å². The summed E-state index contributed by atoms with van der Waals surface area (Å²) in [5.41, 5.74) is -0.866. The van der Waals surface area contributed by atoms with Crippen LogP contribution >= 0.6 is 11.6 Å². The highest BCUT2D eigenvalue weighted by Gasteiger charge is 2.42. The second kappa shape index (κ2) is 15.5. The average molecular weight is 747 g/mol. The fourth-order valence-electron chi connectivity index (χ4n) is 5.51. The number of phenols is 3. The molecule has 0 saturated carbocycles. The van der Waals surface area contributed by atoms with Crippen molar-refractivity contribution in [1.29, 1.82) is 0 Å². The Morgan fingerprint density at radius 1 is 1.02 bits per heavy atom. The summed E-state index contributed by atoms with van der Waals surface area (Å²) in [6.45, 7) is 0.182. The summed E-state index contributed by atoms with van der Waals surface area (Å²) >= 11 is 6.14. The summed E-state index contributed by atoms with van der Waals surface area (Å²) in [7, 11) is -1.93. The molecular weight excluding hydrogens is 717 g/mol. The third-order valence-electron chi connectivity index (χ3n) is 8.14. The molecule has 2 atom stereocenters. The Kier molecular flexibility index (Phi) is 11.1. The number of nitrogens with one attached hydrogen (secondary N) is 4. The van der Waals surface area contributed by atoms with Crippen molar-refractivity contribution in [3.63, 3.8) is 0 Å². The highest BCUT2D eigenvalue weighted by atomic mass is 35.5. The lowest BCUT2D eigenvalue weighted by Gasteiger charge is -2.31. The fourth-order valence-corrected chi connectivity index (χ4v) is 5.77. The minimum atomic E-state index is -1.96. The number of anilines is 1. The Morgan fingerprint density at radius 2 is 1.73 bits per heavy atom. The molecule has 3 aromatic carbocycles. The van der Waals surface area contributed by atoms with Gasteiger partial charge in [-0.05, 0) is 54.8 Å². The molecule has 0 radical (unpaired) electrons. The second-order valence-electron chi connectivity index (χ2n) is 11.6. The lowest BCUT2D eigenvalue weighted by atomic mass is 9.72. The number of halogens is 3. The Balaban J connectivity index is 1.25. The Hall–Kier alpha value is -6.02. The average Bonchev–Trinajstić information content (AvgIpc) is 3.47. The fraction of sp³-hybridized carbons (Fsp3) is 0.258. The minimum absolute atomic E-state index is 0.0274. The molecule has 0 aliphatic carbocycles. The summed E-state index contributed by atoms with van der Waals surface area (Å²) in [6.07, 6.45) is -0.00824. The van der Waals surface area contributed by atoms with E-state index in [0.717, 1.165) is 11.0 Å². The number of benzene rings is 3. The normalized spacial score (nSPS) is 15.7. The van der Waals surface area contributed by atoms with Crippen LogP contribution in [-0.2, 0) is 11.2 Å². The molecule has 2 aliphatic heterocycles. The lowest BCUT2D eigenvalue weighted by molar-refractivity contribution is -0.123. The zero-order valence-corrected chi connectivity index (χ0v) is 27.5. The summed E-state index contributed by atoms with van der Waals surface area (Å²) in [5.74, 6) is -9.57. The number of carbonyl (C=O) groups excluding carboxylic acids is 4. The number of nitrogens with zero attached hydrogens (tertiary/aromatic N) is 2. The monoisotopic (exact) mass is 746 g/mol. The molecule has 0 aromatic heterocycles. The van der Waals surface area contributed by atoms with Crippen LogP contribution in [-0.4, -0.2) is 104 Å². The number of aromatic hydroxyl groups is 3. The molecule has 7 amide bonds. The molecular formula is C31H30BClF2N6O11. The quantitative estimate of drug-likeness (QED) is 0.0630. The van der Waals surface area contributed by atoms with Gasteiger partial charge in [-0.15, -0.1) is 0 Å². The van der Waals surface area contributed by atoms with Crippen LogP contribution in [0.15, 0.2) is 42.5 Å². The predicted molar refractivity (Wildman–Crippen MR) is 177 cm³/mol. The van der Waals surface area contributed by atoms with E-state index < -0.39 is 94.1 Å². The largest absolute Gasteiger partial charge is 0.547 e. The Labute approximate surface area is 297 Å². The van der Waals surface area contributed by atoms with Gasteiger partial charge in [-0.2, -0.15) is 0 Å². The van der Waals surface area contributed by atoms with Crippen molar-refractivity contribution in [2.24, 2.45) is 0 Å². The zero-order chi connectivity index (χ0) is 37.9. The van der Waals surface area contributed by atoms with Crippen molar-refractivity contribution in [3.05, 3.63) is 75.8 Å². The number of amides is 7. The molecule has 52 heavy (non-hydrogen) atoms. The minimum Gasteiger partial charge on any atom is -0.534 e. The van der Waals surface area contributed by atoms with Crippen LogP contribution in [0.25, 0.3) is 0 Å². The number of fused-ring (bicyclic) bond motifs is 1. The Bertz CT molecular complexity index is 1920. The highest BCUT2D eigenvalue weighted by Crippen LogP contribution is 2.40. The maximum Gasteiger partial charge on any atom is 0.547 e. The number of imide groups is 1. The molecule has 2 heterocycles. The van der Waals surface area contributed by atoms with Gasteiger partial charge in [0.1, 0.15) is 28.9 Å². The first-order valence-corrected chi connectivity index (χ1v) is 15.8. The third-order valence-corrected chi connectivity index (χ3v) is 8.54. The van der Waals surface area contributed by atoms with Gasteiger partial charge in [-0.3, -0.25) is 4.79 Å². The van der Waals surface area contributed by atoms with Gasteiger partial charge in [-0.1, -0.05) is 17.7 Å². The van der Waals surface area contributed by atoms with Crippen LogP contribution < -0.4 is 25.9 Å². The molecule has 21 heteroatoms. The summed E-state index contributed by atoms with van der Waals surface area (Å²) < 4.78 is 34.0. The number of carbonyl (C=O) groups is 5. The second-order valence-corrected chi connectivity index (χ2v) is 12.0. The molecule has 17 nitrogen and oxygen atoms in total. The van der Waals surface area contributed by atoms with Gasteiger partial charge in [0.25, 0.3) is 0 Å². The molecule has 2 aliphatic rings. The van der Waals surface area contributed by atoms with Crippen molar-refractivity contribution in [2.75, 3.05) is 31.5 Å². The van der Waals surface area contributed by atoms with Gasteiger partial charge in [0, 0.05) is 37.4 Å². The molecule has 5 rings (SSSR count). The summed E-state index contributed by atoms with van der Waals surface area (Å²) in [4.78, 5) is 65.9. The number of hydrogen-bond acceptors (Lipinski definition) is 10. The first-order chi connectivity index (χ1) is 24.7. The van der Waals surface area contributed by atoms with E-state index in [1.807, 2.05) is 0 Å².